The number of hydrogen-bond donors (Lipinski definition) is 1. The van der Waals surface area contributed by atoms with Gasteiger partial charge >= 0.3 is 11.7 Å². The molecule has 1 amide bonds. The van der Waals surface area contributed by atoms with Crippen LogP contribution in [0.2, 0.25) is 0 Å². The molecule has 2 rings (SSSR count). The predicted molar refractivity (Wildman–Crippen MR) is 97.1 cm³/mol. The number of alkyl halides is 6. The number of nitriles is 1. The lowest BCUT2D eigenvalue weighted by molar-refractivity contribution is -0.138. The summed E-state index contributed by atoms with van der Waals surface area (Å²) in [5.41, 5.74) is -0.0625. The van der Waals surface area contributed by atoms with Crippen molar-refractivity contribution < 1.29 is 35.9 Å². The number of nitrogens with zero attached hydrogens (tertiary/aromatic N) is 1. The molecule has 0 saturated heterocycles. The Hall–Kier alpha value is -3.31. The molecule has 0 unspecified atom stereocenters. The zero-order chi connectivity index (χ0) is 22.9. The van der Waals surface area contributed by atoms with Gasteiger partial charge in [-0.15, -0.1) is 0 Å². The second kappa shape index (κ2) is 10.5. The molecule has 0 spiro atoms. The Bertz CT molecular complexity index is 984. The molecule has 2 aromatic carbocycles. The molecule has 158 valence electrons. The fourth-order valence-corrected chi connectivity index (χ4v) is 2.38. The average molecular weight is 446 g/mol. The summed E-state index contributed by atoms with van der Waals surface area (Å²) in [5.74, 6) is 1.19. The van der Waals surface area contributed by atoms with E-state index in [-0.39, 0.29) is 27.8 Å². The maximum absolute atomic E-state index is 12.5. The van der Waals surface area contributed by atoms with Crippen molar-refractivity contribution in [3.63, 3.8) is 0 Å². The Morgan fingerprint density at radius 1 is 1.07 bits per heavy atom. The van der Waals surface area contributed by atoms with E-state index in [4.69, 9.17) is 11.0 Å². The Kier molecular flexibility index (Phi) is 8.62. The smallest absolute Gasteiger partial charge is 0.407 e. The molecule has 2 N–H and O–H groups in total. The highest BCUT2D eigenvalue weighted by Crippen LogP contribution is 2.37. The number of carbonyl (C=O) groups excluding carboxylic acids is 1. The molecule has 0 bridgehead atoms. The Morgan fingerprint density at radius 3 is 2.10 bits per heavy atom. The van der Waals surface area contributed by atoms with Gasteiger partial charge in [-0.05, 0) is 48.2 Å². The van der Waals surface area contributed by atoms with Crippen LogP contribution >= 0.6 is 11.8 Å². The van der Waals surface area contributed by atoms with Crippen LogP contribution in [0.4, 0.5) is 26.3 Å². The molecule has 0 saturated carbocycles. The lowest BCUT2D eigenvalue weighted by Gasteiger charge is -2.10. The van der Waals surface area contributed by atoms with E-state index in [1.54, 1.807) is 6.07 Å². The molecular weight excluding hydrogens is 434 g/mol. The summed E-state index contributed by atoms with van der Waals surface area (Å²) in [6.45, 7) is 1.43. The predicted octanol–water partition coefficient (Wildman–Crippen LogP) is 5.33. The van der Waals surface area contributed by atoms with Gasteiger partial charge in [0.05, 0.1) is 17.2 Å². The molecule has 2 aromatic rings. The Balaban J connectivity index is 0.000000303. The summed E-state index contributed by atoms with van der Waals surface area (Å²) in [7, 11) is 0. The minimum absolute atomic E-state index is 0.0301. The number of thioether (sulfide) groups is 1. The number of hydrogen-bond acceptors (Lipinski definition) is 4. The fourth-order valence-electron chi connectivity index (χ4n) is 1.84. The van der Waals surface area contributed by atoms with Gasteiger partial charge in [-0.2, -0.15) is 31.6 Å². The van der Waals surface area contributed by atoms with Crippen LogP contribution in [-0.4, -0.2) is 11.4 Å². The number of halogens is 6. The number of rotatable bonds is 3. The van der Waals surface area contributed by atoms with Gasteiger partial charge in [-0.1, -0.05) is 5.92 Å². The Labute approximate surface area is 171 Å². The van der Waals surface area contributed by atoms with Crippen molar-refractivity contribution in [1.29, 1.82) is 5.26 Å². The monoisotopic (exact) mass is 446 g/mol. The summed E-state index contributed by atoms with van der Waals surface area (Å²) >= 11 is -0.231. The van der Waals surface area contributed by atoms with E-state index in [2.05, 4.69) is 16.8 Å². The van der Waals surface area contributed by atoms with E-state index < -0.39 is 28.9 Å². The van der Waals surface area contributed by atoms with Crippen LogP contribution in [0.15, 0.2) is 47.4 Å². The van der Waals surface area contributed by atoms with Gasteiger partial charge in [-0.25, -0.2) is 0 Å². The van der Waals surface area contributed by atoms with Gasteiger partial charge in [0.2, 0.25) is 5.91 Å². The van der Waals surface area contributed by atoms with Crippen molar-refractivity contribution >= 4 is 17.7 Å². The van der Waals surface area contributed by atoms with Crippen molar-refractivity contribution in [1.82, 2.24) is 0 Å². The molecular formula is C19H12F6N2O2S. The minimum Gasteiger partial charge on any atom is -0.407 e. The summed E-state index contributed by atoms with van der Waals surface area (Å²) in [4.78, 5) is 10.6. The first kappa shape index (κ1) is 24.7. The standard InChI is InChI=1S/C11H6F3NO.C8H6F3NOS/c1-2-5-16-10-6-8(7-15)3-4-9(10)11(12,13)14;9-8(10,11)14-6-3-1-5(2-4-6)7(12)13/h3-4,6H,1H3;1-4H,(H2,12,13). The van der Waals surface area contributed by atoms with E-state index in [9.17, 15) is 31.1 Å². The van der Waals surface area contributed by atoms with E-state index in [0.29, 0.717) is 0 Å². The summed E-state index contributed by atoms with van der Waals surface area (Å²) in [5, 5.41) is 8.56. The molecule has 11 heteroatoms. The van der Waals surface area contributed by atoms with Crippen molar-refractivity contribution in [3.05, 3.63) is 59.2 Å². The molecule has 4 nitrogen and oxygen atoms in total. The van der Waals surface area contributed by atoms with Gasteiger partial charge in [0, 0.05) is 23.4 Å². The molecule has 30 heavy (non-hydrogen) atoms. The largest absolute Gasteiger partial charge is 0.446 e. The zero-order valence-electron chi connectivity index (χ0n) is 15.1. The number of ether oxygens (including phenoxy) is 1. The van der Waals surface area contributed by atoms with E-state index in [1.165, 1.54) is 31.2 Å². The number of primary amides is 1. The van der Waals surface area contributed by atoms with Gasteiger partial charge in [0.15, 0.2) is 5.75 Å². The van der Waals surface area contributed by atoms with Crippen LogP contribution in [0, 0.1) is 23.4 Å². The first-order valence-corrected chi connectivity index (χ1v) is 8.54. The Morgan fingerprint density at radius 2 is 1.67 bits per heavy atom. The van der Waals surface area contributed by atoms with Gasteiger partial charge in [-0.3, -0.25) is 4.79 Å². The average Bonchev–Trinajstić information content (AvgIpc) is 2.65. The molecule has 0 radical (unpaired) electrons. The third-order valence-corrected chi connectivity index (χ3v) is 3.79. The summed E-state index contributed by atoms with van der Waals surface area (Å²) < 4.78 is 77.7. The molecule has 0 heterocycles. The molecule has 0 aromatic heterocycles. The van der Waals surface area contributed by atoms with Crippen molar-refractivity contribution in [3.8, 4) is 23.8 Å². The second-order valence-electron chi connectivity index (χ2n) is 5.21. The highest BCUT2D eigenvalue weighted by atomic mass is 32.2. The van der Waals surface area contributed by atoms with Crippen LogP contribution in [0.5, 0.6) is 5.75 Å². The van der Waals surface area contributed by atoms with E-state index >= 15 is 0 Å². The van der Waals surface area contributed by atoms with Gasteiger partial charge < -0.3 is 10.5 Å². The van der Waals surface area contributed by atoms with Crippen molar-refractivity contribution in [2.45, 2.75) is 23.5 Å². The number of benzene rings is 2. The summed E-state index contributed by atoms with van der Waals surface area (Å²) in [6.07, 6.45) is -2.46. The molecule has 0 fully saturated rings. The summed E-state index contributed by atoms with van der Waals surface area (Å²) in [6, 6.07) is 9.54. The normalized spacial score (nSPS) is 10.6. The van der Waals surface area contributed by atoms with Gasteiger partial charge in [0.1, 0.15) is 6.11 Å². The maximum atomic E-state index is 12.5. The van der Waals surface area contributed by atoms with Crippen molar-refractivity contribution in [2.75, 3.05) is 0 Å². The maximum Gasteiger partial charge on any atom is 0.446 e. The molecule has 0 aliphatic rings. The van der Waals surface area contributed by atoms with Crippen LogP contribution in [0.1, 0.15) is 28.4 Å². The van der Waals surface area contributed by atoms with E-state index in [0.717, 1.165) is 18.2 Å². The third-order valence-electron chi connectivity index (χ3n) is 3.05. The topological polar surface area (TPSA) is 76.1 Å². The zero-order valence-corrected chi connectivity index (χ0v) is 15.9. The number of nitrogens with two attached hydrogens (primary N) is 1. The SMILES string of the molecule is CC#COc1cc(C#N)ccc1C(F)(F)F.NC(=O)c1ccc(SC(F)(F)F)cc1. The first-order chi connectivity index (χ1) is 13.9. The fraction of sp³-hybridized carbons (Fsp3) is 0.158. The quantitative estimate of drug-likeness (QED) is 0.393. The number of carbonyl (C=O) groups is 1. The lowest BCUT2D eigenvalue weighted by atomic mass is 10.1. The van der Waals surface area contributed by atoms with E-state index in [1.807, 2.05) is 0 Å². The van der Waals surface area contributed by atoms with Crippen LogP contribution in [-0.2, 0) is 6.18 Å². The lowest BCUT2D eigenvalue weighted by Crippen LogP contribution is -2.10. The first-order valence-electron chi connectivity index (χ1n) is 7.73. The molecule has 0 aliphatic heterocycles. The van der Waals surface area contributed by atoms with Gasteiger partial charge in [0.25, 0.3) is 0 Å². The van der Waals surface area contributed by atoms with Crippen LogP contribution in [0.25, 0.3) is 0 Å². The molecule has 0 atom stereocenters. The van der Waals surface area contributed by atoms with Crippen LogP contribution in [0.3, 0.4) is 0 Å². The van der Waals surface area contributed by atoms with Crippen LogP contribution < -0.4 is 10.5 Å². The highest BCUT2D eigenvalue weighted by molar-refractivity contribution is 8.00. The minimum atomic E-state index is -4.53. The van der Waals surface area contributed by atoms with Crippen molar-refractivity contribution in [2.24, 2.45) is 5.73 Å². The number of amides is 1. The highest BCUT2D eigenvalue weighted by Gasteiger charge is 2.34. The second-order valence-corrected chi connectivity index (χ2v) is 6.35. The molecule has 0 aliphatic carbocycles. The third kappa shape index (κ3) is 8.37.